The van der Waals surface area contributed by atoms with Crippen LogP contribution in [0.15, 0.2) is 52.3 Å². The largest absolute Gasteiger partial charge is 0.460 e. The summed E-state index contributed by atoms with van der Waals surface area (Å²) in [5.41, 5.74) is 12.9. The van der Waals surface area contributed by atoms with E-state index < -0.39 is 17.7 Å². The van der Waals surface area contributed by atoms with Crippen LogP contribution in [0.1, 0.15) is 32.3 Å². The normalized spacial score (nSPS) is 20.0. The van der Waals surface area contributed by atoms with Gasteiger partial charge in [-0.25, -0.2) is 14.2 Å². The van der Waals surface area contributed by atoms with E-state index in [4.69, 9.17) is 16.2 Å². The lowest BCUT2D eigenvalue weighted by Gasteiger charge is -2.27. The van der Waals surface area contributed by atoms with E-state index >= 15 is 0 Å². The van der Waals surface area contributed by atoms with Gasteiger partial charge in [0.05, 0.1) is 23.3 Å². The van der Waals surface area contributed by atoms with Gasteiger partial charge >= 0.3 is 5.97 Å². The Morgan fingerprint density at radius 3 is 2.61 bits per heavy atom. The highest BCUT2D eigenvalue weighted by atomic mass is 19.1. The molecule has 5 nitrogen and oxygen atoms in total. The fourth-order valence-electron chi connectivity index (χ4n) is 2.57. The molecule has 1 unspecified atom stereocenters. The first-order chi connectivity index (χ1) is 10.9. The van der Waals surface area contributed by atoms with Crippen LogP contribution >= 0.6 is 0 Å². The zero-order valence-corrected chi connectivity index (χ0v) is 13.3. The van der Waals surface area contributed by atoms with Crippen LogP contribution in [-0.2, 0) is 9.53 Å². The lowest BCUT2D eigenvalue weighted by molar-refractivity contribution is -0.143. The Labute approximate surface area is 134 Å². The summed E-state index contributed by atoms with van der Waals surface area (Å²) in [6.45, 7) is 5.13. The molecule has 0 spiro atoms. The van der Waals surface area contributed by atoms with Crippen LogP contribution in [0.3, 0.4) is 0 Å². The van der Waals surface area contributed by atoms with Crippen LogP contribution in [0.2, 0.25) is 0 Å². The molecule has 122 valence electrons. The van der Waals surface area contributed by atoms with Gasteiger partial charge in [-0.05, 0) is 26.8 Å². The maximum atomic E-state index is 14.3. The molecule has 0 saturated carbocycles. The number of rotatable bonds is 3. The van der Waals surface area contributed by atoms with Crippen molar-refractivity contribution in [2.75, 3.05) is 0 Å². The Morgan fingerprint density at radius 1 is 1.39 bits per heavy atom. The molecule has 6 heteroatoms. The molecule has 0 bridgehead atoms. The molecule has 1 aromatic carbocycles. The number of esters is 1. The molecule has 1 aliphatic rings. The first-order valence-electron chi connectivity index (χ1n) is 7.29. The Hall–Kier alpha value is -2.63. The molecule has 1 aliphatic heterocycles. The van der Waals surface area contributed by atoms with Gasteiger partial charge in [-0.15, -0.1) is 0 Å². The lowest BCUT2D eigenvalue weighted by atomic mass is 9.81. The Kier molecular flexibility index (Phi) is 4.83. The van der Waals surface area contributed by atoms with E-state index in [1.54, 1.807) is 39.0 Å². The van der Waals surface area contributed by atoms with Crippen molar-refractivity contribution in [3.05, 3.63) is 58.7 Å². The van der Waals surface area contributed by atoms with Gasteiger partial charge in [0, 0.05) is 17.3 Å². The van der Waals surface area contributed by atoms with Gasteiger partial charge in [0.15, 0.2) is 0 Å². The molecule has 23 heavy (non-hydrogen) atoms. The molecule has 0 radical (unpaired) electrons. The predicted octanol–water partition coefficient (Wildman–Crippen LogP) is 2.35. The van der Waals surface area contributed by atoms with Crippen molar-refractivity contribution >= 4 is 11.8 Å². The van der Waals surface area contributed by atoms with Crippen LogP contribution in [0.5, 0.6) is 0 Å². The molecule has 1 heterocycles. The first kappa shape index (κ1) is 16.7. The number of carbonyl (C=O) groups excluding carboxylic acids is 1. The summed E-state index contributed by atoms with van der Waals surface area (Å²) in [7, 11) is 0. The maximum absolute atomic E-state index is 14.3. The number of halogens is 1. The summed E-state index contributed by atoms with van der Waals surface area (Å²) in [4.78, 5) is 16.7. The van der Waals surface area contributed by atoms with E-state index in [1.165, 1.54) is 12.3 Å². The third kappa shape index (κ3) is 3.26. The average Bonchev–Trinajstić information content (AvgIpc) is 2.46. The number of hydrogen-bond donors (Lipinski definition) is 2. The van der Waals surface area contributed by atoms with Crippen molar-refractivity contribution in [2.45, 2.75) is 32.8 Å². The van der Waals surface area contributed by atoms with Gasteiger partial charge < -0.3 is 16.2 Å². The molecule has 0 aliphatic carbocycles. The second-order valence-electron chi connectivity index (χ2n) is 5.53. The fourth-order valence-corrected chi connectivity index (χ4v) is 2.57. The first-order valence-corrected chi connectivity index (χ1v) is 7.29. The quantitative estimate of drug-likeness (QED) is 0.837. The number of allylic oxidation sites excluding steroid dienone is 1. The topological polar surface area (TPSA) is 90.7 Å². The van der Waals surface area contributed by atoms with E-state index in [1.807, 2.05) is 0 Å². The predicted molar refractivity (Wildman–Crippen MR) is 87.0 cm³/mol. The average molecular weight is 317 g/mol. The molecule has 0 saturated heterocycles. The van der Waals surface area contributed by atoms with E-state index in [9.17, 15) is 9.18 Å². The number of nitrogens with zero attached hydrogens (tertiary/aromatic N) is 1. The van der Waals surface area contributed by atoms with Crippen LogP contribution in [0.4, 0.5) is 4.39 Å². The van der Waals surface area contributed by atoms with Crippen molar-refractivity contribution in [1.82, 2.24) is 0 Å². The van der Waals surface area contributed by atoms with Gasteiger partial charge in [0.2, 0.25) is 0 Å². The Balaban J connectivity index is 2.64. The Bertz CT molecular complexity index is 720. The number of carbonyl (C=O) groups is 1. The van der Waals surface area contributed by atoms with Crippen molar-refractivity contribution in [3.8, 4) is 0 Å². The highest BCUT2D eigenvalue weighted by molar-refractivity contribution is 6.05. The monoisotopic (exact) mass is 317 g/mol. The zero-order chi connectivity index (χ0) is 17.1. The Morgan fingerprint density at radius 2 is 2.04 bits per heavy atom. The third-order valence-electron chi connectivity index (χ3n) is 3.53. The van der Waals surface area contributed by atoms with Gasteiger partial charge in [0.25, 0.3) is 0 Å². The zero-order valence-electron chi connectivity index (χ0n) is 13.3. The van der Waals surface area contributed by atoms with Gasteiger partial charge in [-0.1, -0.05) is 18.2 Å². The number of ether oxygens (including phenoxy) is 1. The molecule has 1 aromatic rings. The molecule has 1 atom stereocenters. The summed E-state index contributed by atoms with van der Waals surface area (Å²) < 4.78 is 19.6. The number of hydrogen-bond acceptors (Lipinski definition) is 5. The highest BCUT2D eigenvalue weighted by Gasteiger charge is 2.35. The van der Waals surface area contributed by atoms with E-state index in [0.717, 1.165) is 0 Å². The van der Waals surface area contributed by atoms with Crippen molar-refractivity contribution in [3.63, 3.8) is 0 Å². The number of benzene rings is 1. The van der Waals surface area contributed by atoms with Crippen molar-refractivity contribution < 1.29 is 13.9 Å². The minimum absolute atomic E-state index is 0.166. The van der Waals surface area contributed by atoms with Crippen LogP contribution in [0, 0.1) is 5.82 Å². The smallest absolute Gasteiger partial charge is 0.337 e. The number of nitrogens with two attached hydrogens (primary N) is 2. The molecule has 0 aromatic heterocycles. The molecular weight excluding hydrogens is 297 g/mol. The lowest BCUT2D eigenvalue weighted by Crippen LogP contribution is -2.31. The number of aliphatic imine (C=N–C) groups is 1. The summed E-state index contributed by atoms with van der Waals surface area (Å²) in [6.07, 6.45) is 0.947. The molecule has 2 rings (SSSR count). The molecule has 0 fully saturated rings. The van der Waals surface area contributed by atoms with Crippen molar-refractivity contribution in [2.24, 2.45) is 16.5 Å². The van der Waals surface area contributed by atoms with Gasteiger partial charge in [-0.3, -0.25) is 0 Å². The second-order valence-corrected chi connectivity index (χ2v) is 5.53. The summed E-state index contributed by atoms with van der Waals surface area (Å²) in [5, 5.41) is 0. The van der Waals surface area contributed by atoms with E-state index in [0.29, 0.717) is 16.8 Å². The molecule has 4 N–H and O–H groups in total. The fraction of sp³-hybridized carbons (Fsp3) is 0.294. The SMILES string of the molecule is CC1=C(C(=O)OC(C)C)C(c2ccccc2F)/C(=C/N)C(N)=N1. The van der Waals surface area contributed by atoms with Gasteiger partial charge in [0.1, 0.15) is 11.7 Å². The van der Waals surface area contributed by atoms with Crippen molar-refractivity contribution in [1.29, 1.82) is 0 Å². The van der Waals surface area contributed by atoms with Crippen LogP contribution in [0.25, 0.3) is 0 Å². The summed E-state index contributed by atoms with van der Waals surface area (Å²) >= 11 is 0. The molecular formula is C17H20FN3O2. The minimum atomic E-state index is -0.745. The van der Waals surface area contributed by atoms with Crippen LogP contribution in [-0.4, -0.2) is 17.9 Å². The molecule has 0 amide bonds. The van der Waals surface area contributed by atoms with Crippen LogP contribution < -0.4 is 11.5 Å². The van der Waals surface area contributed by atoms with Gasteiger partial charge in [-0.2, -0.15) is 0 Å². The maximum Gasteiger partial charge on any atom is 0.337 e. The second kappa shape index (κ2) is 6.64. The third-order valence-corrected chi connectivity index (χ3v) is 3.53. The minimum Gasteiger partial charge on any atom is -0.460 e. The van der Waals surface area contributed by atoms with E-state index in [-0.39, 0.29) is 17.5 Å². The standard InChI is InChI=1S/C17H20FN3O2/c1-9(2)23-17(22)14-10(3)21-16(20)12(8-19)15(14)11-6-4-5-7-13(11)18/h4-9,15H,19H2,1-3H3,(H2,20,21)/b12-8-. The van der Waals surface area contributed by atoms with E-state index in [2.05, 4.69) is 4.99 Å². The summed E-state index contributed by atoms with van der Waals surface area (Å²) in [5.74, 6) is -1.58. The summed E-state index contributed by atoms with van der Waals surface area (Å²) in [6, 6.07) is 6.19. The highest BCUT2D eigenvalue weighted by Crippen LogP contribution is 2.38. The number of amidine groups is 1.